The van der Waals surface area contributed by atoms with Crippen LogP contribution in [0, 0.1) is 10.1 Å². The SMILES string of the molecule is CCC(=O)Oc1cccc(NC(=O)c2ccc(OC)c([N+](=O)[O-])c2)c1. The number of methoxy groups -OCH3 is 1. The molecule has 2 rings (SSSR count). The number of nitrogens with zero attached hydrogens (tertiary/aromatic N) is 1. The van der Waals surface area contributed by atoms with Gasteiger partial charge in [-0.1, -0.05) is 13.0 Å². The Morgan fingerprint density at radius 3 is 2.60 bits per heavy atom. The molecule has 1 N–H and O–H groups in total. The molecule has 0 saturated heterocycles. The highest BCUT2D eigenvalue weighted by Gasteiger charge is 2.18. The molecular formula is C17H16N2O6. The van der Waals surface area contributed by atoms with Gasteiger partial charge in [0.25, 0.3) is 5.91 Å². The minimum atomic E-state index is -0.625. The largest absolute Gasteiger partial charge is 0.490 e. The molecule has 0 spiro atoms. The lowest BCUT2D eigenvalue weighted by molar-refractivity contribution is -0.385. The maximum atomic E-state index is 12.3. The monoisotopic (exact) mass is 344 g/mol. The molecule has 25 heavy (non-hydrogen) atoms. The van der Waals surface area contributed by atoms with Crippen molar-refractivity contribution in [2.45, 2.75) is 13.3 Å². The fourth-order valence-corrected chi connectivity index (χ4v) is 2.02. The number of carbonyl (C=O) groups is 2. The number of amides is 1. The number of nitro benzene ring substituents is 1. The Morgan fingerprint density at radius 2 is 1.96 bits per heavy atom. The Morgan fingerprint density at radius 1 is 1.20 bits per heavy atom. The van der Waals surface area contributed by atoms with Crippen molar-refractivity contribution in [2.75, 3.05) is 12.4 Å². The highest BCUT2D eigenvalue weighted by atomic mass is 16.6. The van der Waals surface area contributed by atoms with E-state index in [1.54, 1.807) is 25.1 Å². The lowest BCUT2D eigenvalue weighted by Gasteiger charge is -2.08. The van der Waals surface area contributed by atoms with Gasteiger partial charge in [-0.2, -0.15) is 0 Å². The Labute approximate surface area is 143 Å². The second-order valence-electron chi connectivity index (χ2n) is 4.95. The van der Waals surface area contributed by atoms with Crippen molar-refractivity contribution >= 4 is 23.3 Å². The van der Waals surface area contributed by atoms with E-state index in [1.807, 2.05) is 0 Å². The van der Waals surface area contributed by atoms with Crippen LogP contribution in [0.2, 0.25) is 0 Å². The number of nitrogens with one attached hydrogen (secondary N) is 1. The molecule has 0 aliphatic heterocycles. The number of hydrogen-bond acceptors (Lipinski definition) is 6. The fraction of sp³-hybridized carbons (Fsp3) is 0.176. The molecule has 1 amide bonds. The second kappa shape index (κ2) is 7.91. The Balaban J connectivity index is 2.20. The molecular weight excluding hydrogens is 328 g/mol. The summed E-state index contributed by atoms with van der Waals surface area (Å²) in [6, 6.07) is 10.2. The van der Waals surface area contributed by atoms with Gasteiger partial charge in [-0.3, -0.25) is 19.7 Å². The Kier molecular flexibility index (Phi) is 5.67. The predicted octanol–water partition coefficient (Wildman–Crippen LogP) is 3.17. The zero-order valence-electron chi connectivity index (χ0n) is 13.6. The van der Waals surface area contributed by atoms with Crippen molar-refractivity contribution in [3.8, 4) is 11.5 Å². The van der Waals surface area contributed by atoms with Crippen molar-refractivity contribution < 1.29 is 24.0 Å². The predicted molar refractivity (Wildman–Crippen MR) is 90.0 cm³/mol. The van der Waals surface area contributed by atoms with Crippen LogP contribution in [0.3, 0.4) is 0 Å². The van der Waals surface area contributed by atoms with E-state index in [-0.39, 0.29) is 23.4 Å². The number of hydrogen-bond donors (Lipinski definition) is 1. The molecule has 0 unspecified atom stereocenters. The van der Waals surface area contributed by atoms with Gasteiger partial charge in [0.15, 0.2) is 5.75 Å². The van der Waals surface area contributed by atoms with Crippen LogP contribution in [0.25, 0.3) is 0 Å². The molecule has 0 aliphatic rings. The molecule has 0 fully saturated rings. The molecule has 8 heteroatoms. The van der Waals surface area contributed by atoms with E-state index in [0.717, 1.165) is 6.07 Å². The highest BCUT2D eigenvalue weighted by molar-refractivity contribution is 6.05. The molecule has 0 radical (unpaired) electrons. The van der Waals surface area contributed by atoms with Crippen LogP contribution in [-0.4, -0.2) is 23.9 Å². The van der Waals surface area contributed by atoms with Gasteiger partial charge < -0.3 is 14.8 Å². The number of esters is 1. The summed E-state index contributed by atoms with van der Waals surface area (Å²) in [5.74, 6) is -0.570. The smallest absolute Gasteiger partial charge is 0.311 e. The summed E-state index contributed by atoms with van der Waals surface area (Å²) >= 11 is 0. The van der Waals surface area contributed by atoms with Crippen molar-refractivity contribution in [2.24, 2.45) is 0 Å². The Hall–Kier alpha value is -3.42. The average molecular weight is 344 g/mol. The van der Waals surface area contributed by atoms with Gasteiger partial charge >= 0.3 is 11.7 Å². The lowest BCUT2D eigenvalue weighted by Crippen LogP contribution is -2.13. The number of ether oxygens (including phenoxy) is 2. The molecule has 0 saturated carbocycles. The Bertz CT molecular complexity index is 819. The van der Waals surface area contributed by atoms with Gasteiger partial charge in [-0.25, -0.2) is 0 Å². The maximum Gasteiger partial charge on any atom is 0.311 e. The van der Waals surface area contributed by atoms with Crippen molar-refractivity contribution in [3.05, 3.63) is 58.1 Å². The van der Waals surface area contributed by atoms with E-state index in [2.05, 4.69) is 5.32 Å². The average Bonchev–Trinajstić information content (AvgIpc) is 2.61. The van der Waals surface area contributed by atoms with E-state index >= 15 is 0 Å². The summed E-state index contributed by atoms with van der Waals surface area (Å²) in [4.78, 5) is 34.0. The molecule has 0 aliphatic carbocycles. The minimum Gasteiger partial charge on any atom is -0.490 e. The zero-order valence-corrected chi connectivity index (χ0v) is 13.6. The molecule has 0 atom stereocenters. The number of benzene rings is 2. The van der Waals surface area contributed by atoms with Crippen molar-refractivity contribution in [1.29, 1.82) is 0 Å². The van der Waals surface area contributed by atoms with E-state index < -0.39 is 16.8 Å². The standard InChI is InChI=1S/C17H16N2O6/c1-3-16(20)25-13-6-4-5-12(10-13)18-17(21)11-7-8-15(24-2)14(9-11)19(22)23/h4-10H,3H2,1-2H3,(H,18,21). The molecule has 0 bridgehead atoms. The highest BCUT2D eigenvalue weighted by Crippen LogP contribution is 2.28. The number of anilines is 1. The first-order chi connectivity index (χ1) is 11.9. The number of nitro groups is 1. The fourth-order valence-electron chi connectivity index (χ4n) is 2.02. The molecule has 130 valence electrons. The van der Waals surface area contributed by atoms with Crippen molar-refractivity contribution in [1.82, 2.24) is 0 Å². The van der Waals surface area contributed by atoms with Crippen LogP contribution in [0.1, 0.15) is 23.7 Å². The van der Waals surface area contributed by atoms with Gasteiger partial charge in [0.1, 0.15) is 5.75 Å². The third kappa shape index (κ3) is 4.54. The molecule has 2 aromatic carbocycles. The van der Waals surface area contributed by atoms with Crippen LogP contribution in [0.4, 0.5) is 11.4 Å². The topological polar surface area (TPSA) is 108 Å². The maximum absolute atomic E-state index is 12.3. The first-order valence-corrected chi connectivity index (χ1v) is 7.39. The van der Waals surface area contributed by atoms with Gasteiger partial charge in [-0.05, 0) is 24.3 Å². The summed E-state index contributed by atoms with van der Waals surface area (Å²) in [6.07, 6.45) is 0.228. The first kappa shape index (κ1) is 17.9. The van der Waals surface area contributed by atoms with Crippen LogP contribution < -0.4 is 14.8 Å². The molecule has 2 aromatic rings. The summed E-state index contributed by atoms with van der Waals surface area (Å²) in [5.41, 5.74) is 0.189. The van der Waals surface area contributed by atoms with E-state index in [9.17, 15) is 19.7 Å². The van der Waals surface area contributed by atoms with E-state index in [0.29, 0.717) is 11.4 Å². The minimum absolute atomic E-state index is 0.0648. The van der Waals surface area contributed by atoms with Gasteiger partial charge in [0.2, 0.25) is 0 Å². The zero-order chi connectivity index (χ0) is 18.4. The molecule has 8 nitrogen and oxygen atoms in total. The third-order valence-electron chi connectivity index (χ3n) is 3.25. The molecule has 0 heterocycles. The van der Waals surface area contributed by atoms with E-state index in [4.69, 9.17) is 9.47 Å². The van der Waals surface area contributed by atoms with Crippen molar-refractivity contribution in [3.63, 3.8) is 0 Å². The summed E-state index contributed by atoms with van der Waals surface area (Å²) < 4.78 is 9.98. The normalized spacial score (nSPS) is 10.0. The van der Waals surface area contributed by atoms with E-state index in [1.165, 1.54) is 25.3 Å². The summed E-state index contributed by atoms with van der Waals surface area (Å²) in [5, 5.41) is 13.6. The number of carbonyl (C=O) groups excluding carboxylic acids is 2. The second-order valence-corrected chi connectivity index (χ2v) is 4.95. The summed E-state index contributed by atoms with van der Waals surface area (Å²) in [6.45, 7) is 1.67. The van der Waals surface area contributed by atoms with Crippen LogP contribution in [0.5, 0.6) is 11.5 Å². The van der Waals surface area contributed by atoms with Crippen LogP contribution in [-0.2, 0) is 4.79 Å². The first-order valence-electron chi connectivity index (χ1n) is 7.39. The van der Waals surface area contributed by atoms with Gasteiger partial charge in [0.05, 0.1) is 12.0 Å². The molecule has 0 aromatic heterocycles. The third-order valence-corrected chi connectivity index (χ3v) is 3.25. The lowest BCUT2D eigenvalue weighted by atomic mass is 10.1. The van der Waals surface area contributed by atoms with Gasteiger partial charge in [-0.15, -0.1) is 0 Å². The summed E-state index contributed by atoms with van der Waals surface area (Å²) in [7, 11) is 1.31. The van der Waals surface area contributed by atoms with Crippen LogP contribution >= 0.6 is 0 Å². The number of rotatable bonds is 6. The quantitative estimate of drug-likeness (QED) is 0.373. The van der Waals surface area contributed by atoms with Gasteiger partial charge in [0, 0.05) is 29.8 Å². The van der Waals surface area contributed by atoms with Crippen LogP contribution in [0.15, 0.2) is 42.5 Å².